The maximum Gasteiger partial charge on any atom is 0.413 e. The molecule has 0 radical (unpaired) electrons. The lowest BCUT2D eigenvalue weighted by atomic mass is 9.97. The molecule has 1 fully saturated rings. The van der Waals surface area contributed by atoms with Crippen LogP contribution in [0.2, 0.25) is 0 Å². The van der Waals surface area contributed by atoms with Gasteiger partial charge in [0.1, 0.15) is 17.2 Å². The van der Waals surface area contributed by atoms with E-state index in [2.05, 4.69) is 15.3 Å². The van der Waals surface area contributed by atoms with Gasteiger partial charge in [0.05, 0.1) is 6.04 Å². The van der Waals surface area contributed by atoms with E-state index in [-0.39, 0.29) is 6.04 Å². The molecule has 1 aliphatic carbocycles. The van der Waals surface area contributed by atoms with Gasteiger partial charge in [-0.3, -0.25) is 9.35 Å². The van der Waals surface area contributed by atoms with Crippen molar-refractivity contribution in [1.82, 2.24) is 5.16 Å². The molecular weight excluding hydrogens is 340 g/mol. The van der Waals surface area contributed by atoms with Crippen molar-refractivity contribution in [2.24, 2.45) is 23.3 Å². The Morgan fingerprint density at radius 2 is 2.17 bits per heavy atom. The van der Waals surface area contributed by atoms with E-state index in [1.54, 1.807) is 0 Å². The molecule has 1 aliphatic rings. The fourth-order valence-electron chi connectivity index (χ4n) is 2.46. The molecule has 2 atom stereocenters. The van der Waals surface area contributed by atoms with Crippen molar-refractivity contribution in [3.8, 4) is 0 Å². The van der Waals surface area contributed by atoms with Gasteiger partial charge < -0.3 is 16.0 Å². The maximum absolute atomic E-state index is 11.2. The van der Waals surface area contributed by atoms with Gasteiger partial charge in [0, 0.05) is 25.3 Å². The SMILES string of the molecule is NCCc1cc([C@@H](N)CC[C@@H]2CCC(=O)C2)no1.NOS(=O)(=O)O. The van der Waals surface area contributed by atoms with Crippen LogP contribution in [0.15, 0.2) is 10.6 Å². The van der Waals surface area contributed by atoms with Crippen molar-refractivity contribution < 1.29 is 26.6 Å². The average Bonchev–Trinajstić information content (AvgIpc) is 3.14. The monoisotopic (exact) mass is 364 g/mol. The van der Waals surface area contributed by atoms with Crippen LogP contribution in [0.3, 0.4) is 0 Å². The fourth-order valence-corrected chi connectivity index (χ4v) is 2.46. The Morgan fingerprint density at radius 1 is 1.50 bits per heavy atom. The van der Waals surface area contributed by atoms with E-state index in [4.69, 9.17) is 20.5 Å². The molecule has 0 saturated heterocycles. The summed E-state index contributed by atoms with van der Waals surface area (Å²) in [6, 6.07) is 1.79. The van der Waals surface area contributed by atoms with Crippen LogP contribution in [0.1, 0.15) is 49.6 Å². The van der Waals surface area contributed by atoms with Crippen LogP contribution in [-0.4, -0.2) is 30.5 Å². The molecule has 0 unspecified atom stereocenters. The summed E-state index contributed by atoms with van der Waals surface area (Å²) in [5.41, 5.74) is 12.3. The summed E-state index contributed by atoms with van der Waals surface area (Å²) in [6.07, 6.45) is 5.02. The minimum atomic E-state index is -4.38. The van der Waals surface area contributed by atoms with Crippen LogP contribution < -0.4 is 17.4 Å². The van der Waals surface area contributed by atoms with E-state index >= 15 is 0 Å². The summed E-state index contributed by atoms with van der Waals surface area (Å²) in [7, 11) is -4.38. The largest absolute Gasteiger partial charge is 0.413 e. The molecule has 2 rings (SSSR count). The number of aromatic nitrogens is 1. The highest BCUT2D eigenvalue weighted by atomic mass is 32.3. The minimum Gasteiger partial charge on any atom is -0.361 e. The lowest BCUT2D eigenvalue weighted by molar-refractivity contribution is -0.117. The number of nitrogens with two attached hydrogens (primary N) is 3. The quantitative estimate of drug-likeness (QED) is 0.379. The third-order valence-electron chi connectivity index (χ3n) is 3.70. The number of Topliss-reactive ketones (excluding diaryl/α,β-unsaturated/α-hetero) is 1. The molecule has 1 aromatic heterocycles. The van der Waals surface area contributed by atoms with Gasteiger partial charge in [-0.25, -0.2) is 0 Å². The predicted molar refractivity (Wildman–Crippen MR) is 84.6 cm³/mol. The molecule has 138 valence electrons. The van der Waals surface area contributed by atoms with Gasteiger partial charge in [-0.2, -0.15) is 18.6 Å². The minimum absolute atomic E-state index is 0.101. The van der Waals surface area contributed by atoms with Crippen molar-refractivity contribution in [1.29, 1.82) is 0 Å². The topological polar surface area (TPSA) is 185 Å². The van der Waals surface area contributed by atoms with Crippen molar-refractivity contribution in [3.05, 3.63) is 17.5 Å². The van der Waals surface area contributed by atoms with Crippen LogP contribution in [0.5, 0.6) is 0 Å². The second-order valence-electron chi connectivity index (χ2n) is 5.61. The van der Waals surface area contributed by atoms with Crippen molar-refractivity contribution in [2.45, 2.75) is 44.6 Å². The molecular formula is C13H24N4O6S. The second-order valence-corrected chi connectivity index (χ2v) is 6.66. The van der Waals surface area contributed by atoms with E-state index < -0.39 is 10.4 Å². The zero-order valence-corrected chi connectivity index (χ0v) is 14.1. The summed E-state index contributed by atoms with van der Waals surface area (Å²) in [5.74, 6) is 5.66. The number of hydrogen-bond donors (Lipinski definition) is 4. The van der Waals surface area contributed by atoms with E-state index in [1.165, 1.54) is 0 Å². The van der Waals surface area contributed by atoms with Crippen LogP contribution in [0.4, 0.5) is 0 Å². The normalized spacial score (nSPS) is 19.0. The van der Waals surface area contributed by atoms with Crippen molar-refractivity contribution in [2.75, 3.05) is 6.54 Å². The van der Waals surface area contributed by atoms with Gasteiger partial charge in [0.2, 0.25) is 0 Å². The molecule has 10 nitrogen and oxygen atoms in total. The van der Waals surface area contributed by atoms with Gasteiger partial charge in [0.25, 0.3) is 0 Å². The van der Waals surface area contributed by atoms with Crippen LogP contribution in [0.25, 0.3) is 0 Å². The second kappa shape index (κ2) is 9.81. The predicted octanol–water partition coefficient (Wildman–Crippen LogP) is 0.00450. The third kappa shape index (κ3) is 7.95. The molecule has 1 aromatic rings. The molecule has 1 saturated carbocycles. The Labute approximate surface area is 140 Å². The van der Waals surface area contributed by atoms with Crippen LogP contribution >= 0.6 is 0 Å². The molecule has 0 bridgehead atoms. The number of hydrogen-bond acceptors (Lipinski definition) is 9. The molecule has 0 aromatic carbocycles. The molecule has 0 amide bonds. The molecule has 0 spiro atoms. The average molecular weight is 364 g/mol. The van der Waals surface area contributed by atoms with Crippen LogP contribution in [-0.2, 0) is 25.9 Å². The fraction of sp³-hybridized carbons (Fsp3) is 0.692. The summed E-state index contributed by atoms with van der Waals surface area (Å²) in [5, 5.41) is 3.97. The van der Waals surface area contributed by atoms with Crippen LogP contribution in [0, 0.1) is 5.92 Å². The zero-order valence-electron chi connectivity index (χ0n) is 13.3. The maximum atomic E-state index is 11.2. The first-order chi connectivity index (χ1) is 11.2. The summed E-state index contributed by atoms with van der Waals surface area (Å²) in [4.78, 5) is 11.2. The number of carbonyl (C=O) groups excluding carboxylic acids is 1. The Bertz CT molecular complexity index is 618. The van der Waals surface area contributed by atoms with E-state index in [9.17, 15) is 13.2 Å². The number of carbonyl (C=O) groups is 1. The zero-order chi connectivity index (χ0) is 18.2. The first-order valence-corrected chi connectivity index (χ1v) is 8.90. The number of rotatable bonds is 7. The Morgan fingerprint density at radius 3 is 2.67 bits per heavy atom. The molecule has 0 aliphatic heterocycles. The lowest BCUT2D eigenvalue weighted by Crippen LogP contribution is -2.12. The summed E-state index contributed by atoms with van der Waals surface area (Å²) < 4.78 is 34.0. The molecule has 24 heavy (non-hydrogen) atoms. The molecule has 1 heterocycles. The van der Waals surface area contributed by atoms with Crippen molar-refractivity contribution in [3.63, 3.8) is 0 Å². The molecule has 7 N–H and O–H groups in total. The highest BCUT2D eigenvalue weighted by molar-refractivity contribution is 7.80. The van der Waals surface area contributed by atoms with E-state index in [0.29, 0.717) is 24.7 Å². The van der Waals surface area contributed by atoms with Gasteiger partial charge in [-0.15, -0.1) is 0 Å². The first-order valence-electron chi connectivity index (χ1n) is 7.53. The Kier molecular flexibility index (Phi) is 8.45. The summed E-state index contributed by atoms with van der Waals surface area (Å²) in [6.45, 7) is 0.550. The van der Waals surface area contributed by atoms with E-state index in [1.807, 2.05) is 6.07 Å². The van der Waals surface area contributed by atoms with E-state index in [0.717, 1.165) is 43.6 Å². The van der Waals surface area contributed by atoms with Gasteiger partial charge in [-0.05, 0) is 31.7 Å². The smallest absolute Gasteiger partial charge is 0.361 e. The summed E-state index contributed by atoms with van der Waals surface area (Å²) >= 11 is 0. The Hall–Kier alpha value is -1.37. The third-order valence-corrected chi connectivity index (χ3v) is 3.95. The highest BCUT2D eigenvalue weighted by Crippen LogP contribution is 2.28. The Balaban J connectivity index is 0.000000413. The standard InChI is InChI=1S/C13H21N3O2.H3NO4S/c14-6-5-11-8-13(16-18-11)12(15)4-2-9-1-3-10(17)7-9;1-5-6(2,3)4/h8-9,12H,1-7,14-15H2;1H2,(H,2,3,4)/t9-,12-;/m0./s1. The lowest BCUT2D eigenvalue weighted by Gasteiger charge is -2.11. The highest BCUT2D eigenvalue weighted by Gasteiger charge is 2.23. The number of nitrogens with zero attached hydrogens (tertiary/aromatic N) is 1. The van der Waals surface area contributed by atoms with Gasteiger partial charge in [-0.1, -0.05) is 5.16 Å². The molecule has 11 heteroatoms. The van der Waals surface area contributed by atoms with Crippen molar-refractivity contribution >= 4 is 16.2 Å². The number of ketones is 1. The first kappa shape index (κ1) is 20.7. The van der Waals surface area contributed by atoms with Gasteiger partial charge >= 0.3 is 10.4 Å². The van der Waals surface area contributed by atoms with Gasteiger partial charge in [0.15, 0.2) is 0 Å².